The lowest BCUT2D eigenvalue weighted by atomic mass is 9.83. The Labute approximate surface area is 109 Å². The third-order valence-electron chi connectivity index (χ3n) is 3.23. The first-order chi connectivity index (χ1) is 9.02. The predicted octanol–water partition coefficient (Wildman–Crippen LogP) is 1.65. The maximum Gasteiger partial charge on any atom is 0.295 e. The second-order valence-electron chi connectivity index (χ2n) is 4.48. The van der Waals surface area contributed by atoms with Crippen LogP contribution in [0.3, 0.4) is 0 Å². The predicted molar refractivity (Wildman–Crippen MR) is 68.5 cm³/mol. The highest BCUT2D eigenvalue weighted by molar-refractivity contribution is 5.62. The Bertz CT molecular complexity index is 481. The molecule has 6 nitrogen and oxygen atoms in total. The van der Waals surface area contributed by atoms with Crippen molar-refractivity contribution in [1.29, 1.82) is 0 Å². The fraction of sp³-hybridized carbons (Fsp3) is 0.500. The van der Waals surface area contributed by atoms with Crippen LogP contribution >= 0.6 is 0 Å². The summed E-state index contributed by atoms with van der Waals surface area (Å²) in [5.74, 6) is -0.642. The van der Waals surface area contributed by atoms with E-state index in [-0.39, 0.29) is 29.6 Å². The van der Waals surface area contributed by atoms with E-state index in [1.54, 1.807) is 0 Å². The monoisotopic (exact) mass is 269 g/mol. The van der Waals surface area contributed by atoms with Gasteiger partial charge in [0.1, 0.15) is 11.5 Å². The van der Waals surface area contributed by atoms with Gasteiger partial charge < -0.3 is 15.8 Å². The van der Waals surface area contributed by atoms with Crippen molar-refractivity contribution in [3.8, 4) is 0 Å². The second-order valence-corrected chi connectivity index (χ2v) is 4.48. The van der Waals surface area contributed by atoms with E-state index < -0.39 is 10.7 Å². The number of benzene rings is 1. The third kappa shape index (κ3) is 2.82. The summed E-state index contributed by atoms with van der Waals surface area (Å²) in [6.07, 6.45) is 0.644. The van der Waals surface area contributed by atoms with Gasteiger partial charge in [-0.1, -0.05) is 0 Å². The molecule has 1 fully saturated rings. The fourth-order valence-corrected chi connectivity index (χ4v) is 2.18. The van der Waals surface area contributed by atoms with Crippen LogP contribution in [0.15, 0.2) is 18.2 Å². The van der Waals surface area contributed by atoms with E-state index in [0.29, 0.717) is 13.0 Å². The second kappa shape index (κ2) is 5.50. The van der Waals surface area contributed by atoms with Crippen LogP contribution in [0.25, 0.3) is 0 Å². The molecule has 104 valence electrons. The summed E-state index contributed by atoms with van der Waals surface area (Å²) < 4.78 is 18.5. The van der Waals surface area contributed by atoms with Gasteiger partial charge in [-0.15, -0.1) is 0 Å². The fourth-order valence-electron chi connectivity index (χ4n) is 2.18. The average molecular weight is 269 g/mol. The first kappa shape index (κ1) is 13.7. The first-order valence-electron chi connectivity index (χ1n) is 6.10. The van der Waals surface area contributed by atoms with Crippen LogP contribution in [0.2, 0.25) is 0 Å². The van der Waals surface area contributed by atoms with Crippen LogP contribution in [0, 0.1) is 15.9 Å². The maximum atomic E-state index is 13.0. The van der Waals surface area contributed by atoms with E-state index in [9.17, 15) is 14.5 Å². The number of nitro groups is 1. The van der Waals surface area contributed by atoms with Gasteiger partial charge in [0, 0.05) is 12.6 Å². The number of nitrogens with two attached hydrogens (primary N) is 1. The van der Waals surface area contributed by atoms with Crippen molar-refractivity contribution in [2.45, 2.75) is 31.5 Å². The van der Waals surface area contributed by atoms with Crippen molar-refractivity contribution in [2.24, 2.45) is 5.73 Å². The minimum Gasteiger partial charge on any atom is -0.376 e. The molecule has 0 amide bonds. The van der Waals surface area contributed by atoms with E-state index in [0.717, 1.165) is 6.07 Å². The molecule has 0 aromatic heterocycles. The quantitative estimate of drug-likeness (QED) is 0.626. The molecule has 2 rings (SSSR count). The van der Waals surface area contributed by atoms with Gasteiger partial charge in [-0.2, -0.15) is 0 Å². The molecule has 0 spiro atoms. The molecule has 3 atom stereocenters. The minimum absolute atomic E-state index is 0.0651. The van der Waals surface area contributed by atoms with Gasteiger partial charge in [0.15, 0.2) is 0 Å². The largest absolute Gasteiger partial charge is 0.376 e. The molecule has 1 aliphatic rings. The van der Waals surface area contributed by atoms with Gasteiger partial charge in [0.25, 0.3) is 5.69 Å². The number of hydrogen-bond acceptors (Lipinski definition) is 5. The summed E-state index contributed by atoms with van der Waals surface area (Å²) in [6.45, 7) is 2.43. The molecule has 1 aliphatic carbocycles. The van der Waals surface area contributed by atoms with Crippen LogP contribution in [0.1, 0.15) is 13.3 Å². The zero-order valence-electron chi connectivity index (χ0n) is 10.5. The van der Waals surface area contributed by atoms with Gasteiger partial charge >= 0.3 is 0 Å². The van der Waals surface area contributed by atoms with Crippen molar-refractivity contribution in [3.05, 3.63) is 34.1 Å². The zero-order valence-corrected chi connectivity index (χ0v) is 10.5. The third-order valence-corrected chi connectivity index (χ3v) is 3.23. The maximum absolute atomic E-state index is 13.0. The van der Waals surface area contributed by atoms with Crippen LogP contribution in [-0.4, -0.2) is 29.7 Å². The Morgan fingerprint density at radius 3 is 2.95 bits per heavy atom. The highest BCUT2D eigenvalue weighted by Gasteiger charge is 2.40. The Kier molecular flexibility index (Phi) is 3.96. The number of hydrogen-bond donors (Lipinski definition) is 2. The molecule has 1 saturated carbocycles. The van der Waals surface area contributed by atoms with Crippen molar-refractivity contribution in [3.63, 3.8) is 0 Å². The molecule has 0 bridgehead atoms. The minimum atomic E-state index is -0.642. The number of anilines is 1. The molecular weight excluding hydrogens is 253 g/mol. The number of nitrogens with zero attached hydrogens (tertiary/aromatic N) is 1. The molecule has 19 heavy (non-hydrogen) atoms. The average Bonchev–Trinajstić information content (AvgIpc) is 2.36. The Hall–Kier alpha value is -1.73. The molecule has 7 heteroatoms. The van der Waals surface area contributed by atoms with Gasteiger partial charge in [-0.25, -0.2) is 4.39 Å². The van der Waals surface area contributed by atoms with Crippen LogP contribution in [-0.2, 0) is 4.74 Å². The van der Waals surface area contributed by atoms with Crippen molar-refractivity contribution >= 4 is 11.4 Å². The standard InChI is InChI=1S/C12H16FN3O3/c1-2-19-11-6-8(14)12(11)15-9-4-3-7(13)5-10(9)16(17)18/h3-5,8,11-12,15H,2,6,14H2,1H3. The molecule has 1 aromatic rings. The van der Waals surface area contributed by atoms with E-state index in [2.05, 4.69) is 5.32 Å². The lowest BCUT2D eigenvalue weighted by Crippen LogP contribution is -2.60. The summed E-state index contributed by atoms with van der Waals surface area (Å²) in [5.41, 5.74) is 5.82. The van der Waals surface area contributed by atoms with Crippen LogP contribution in [0.4, 0.5) is 15.8 Å². The summed E-state index contributed by atoms with van der Waals surface area (Å²) in [6, 6.07) is 3.10. The number of rotatable bonds is 5. The Balaban J connectivity index is 2.16. The Morgan fingerprint density at radius 1 is 1.63 bits per heavy atom. The number of halogens is 1. The summed E-state index contributed by atoms with van der Waals surface area (Å²) in [7, 11) is 0. The van der Waals surface area contributed by atoms with Crippen molar-refractivity contribution in [2.75, 3.05) is 11.9 Å². The topological polar surface area (TPSA) is 90.4 Å². The molecule has 3 unspecified atom stereocenters. The number of ether oxygens (including phenoxy) is 1. The van der Waals surface area contributed by atoms with Crippen LogP contribution < -0.4 is 11.1 Å². The zero-order chi connectivity index (χ0) is 14.0. The smallest absolute Gasteiger partial charge is 0.295 e. The van der Waals surface area contributed by atoms with E-state index >= 15 is 0 Å². The van der Waals surface area contributed by atoms with Gasteiger partial charge in [-0.3, -0.25) is 10.1 Å². The van der Waals surface area contributed by atoms with E-state index in [1.807, 2.05) is 6.92 Å². The lowest BCUT2D eigenvalue weighted by molar-refractivity contribution is -0.384. The lowest BCUT2D eigenvalue weighted by Gasteiger charge is -2.42. The first-order valence-corrected chi connectivity index (χ1v) is 6.10. The molecule has 0 radical (unpaired) electrons. The summed E-state index contributed by atoms with van der Waals surface area (Å²) in [5, 5.41) is 13.9. The molecule has 3 N–H and O–H groups in total. The van der Waals surface area contributed by atoms with Crippen LogP contribution in [0.5, 0.6) is 0 Å². The molecule has 0 heterocycles. The van der Waals surface area contributed by atoms with E-state index in [4.69, 9.17) is 10.5 Å². The highest BCUT2D eigenvalue weighted by atomic mass is 19.1. The summed E-state index contributed by atoms with van der Waals surface area (Å²) >= 11 is 0. The molecule has 0 saturated heterocycles. The molecule has 0 aliphatic heterocycles. The number of nitro benzene ring substituents is 1. The van der Waals surface area contributed by atoms with Gasteiger partial charge in [0.05, 0.1) is 23.1 Å². The summed E-state index contributed by atoms with van der Waals surface area (Å²) in [4.78, 5) is 10.3. The van der Waals surface area contributed by atoms with Gasteiger partial charge in [0.2, 0.25) is 0 Å². The van der Waals surface area contributed by atoms with Crippen molar-refractivity contribution in [1.82, 2.24) is 0 Å². The molecular formula is C12H16FN3O3. The Morgan fingerprint density at radius 2 is 2.37 bits per heavy atom. The normalized spacial score (nSPS) is 25.7. The number of nitrogens with one attached hydrogen (secondary N) is 1. The van der Waals surface area contributed by atoms with Gasteiger partial charge in [-0.05, 0) is 25.5 Å². The SMILES string of the molecule is CCOC1CC(N)C1Nc1ccc(F)cc1[N+](=O)[O-]. The van der Waals surface area contributed by atoms with E-state index in [1.165, 1.54) is 12.1 Å². The highest BCUT2D eigenvalue weighted by Crippen LogP contribution is 2.31. The van der Waals surface area contributed by atoms with Crippen molar-refractivity contribution < 1.29 is 14.1 Å². The molecule has 1 aromatic carbocycles.